The van der Waals surface area contributed by atoms with Gasteiger partial charge in [0.2, 0.25) is 0 Å². The summed E-state index contributed by atoms with van der Waals surface area (Å²) in [7, 11) is 0. The Balaban J connectivity index is 0.000000169. The lowest BCUT2D eigenvalue weighted by molar-refractivity contribution is 0.0865. The van der Waals surface area contributed by atoms with Gasteiger partial charge in [-0.1, -0.05) is 143 Å². The highest BCUT2D eigenvalue weighted by Gasteiger charge is 2.49. The molecule has 286 valence electrons. The Bertz CT molecular complexity index is 1910. The van der Waals surface area contributed by atoms with Gasteiger partial charge >= 0.3 is 0 Å². The van der Waals surface area contributed by atoms with E-state index in [4.69, 9.17) is 0 Å². The van der Waals surface area contributed by atoms with Crippen LogP contribution in [0.3, 0.4) is 0 Å². The molecule has 0 heteroatoms. The van der Waals surface area contributed by atoms with Gasteiger partial charge in [0.15, 0.2) is 0 Å². The van der Waals surface area contributed by atoms with E-state index in [9.17, 15) is 0 Å². The molecule has 6 fully saturated rings. The lowest BCUT2D eigenvalue weighted by Gasteiger charge is -2.51. The van der Waals surface area contributed by atoms with Gasteiger partial charge in [-0.3, -0.25) is 0 Å². The summed E-state index contributed by atoms with van der Waals surface area (Å²) in [5, 5.41) is 0. The molecule has 4 bridgehead atoms. The maximum Gasteiger partial charge on any atom is 0.0319 e. The van der Waals surface area contributed by atoms with Crippen molar-refractivity contribution in [3.8, 4) is 23.7 Å². The van der Waals surface area contributed by atoms with E-state index >= 15 is 0 Å². The quantitative estimate of drug-likeness (QED) is 0.151. The summed E-state index contributed by atoms with van der Waals surface area (Å²) in [5.41, 5.74) is 12.7. The van der Waals surface area contributed by atoms with Crippen LogP contribution in [0, 0.1) is 34.5 Å². The van der Waals surface area contributed by atoms with E-state index in [-0.39, 0.29) is 10.8 Å². The Morgan fingerprint density at radius 3 is 0.945 bits per heavy atom. The third kappa shape index (κ3) is 9.02. The smallest absolute Gasteiger partial charge is 0.0319 e. The summed E-state index contributed by atoms with van der Waals surface area (Å²) in [5.74, 6) is 14.5. The summed E-state index contributed by atoms with van der Waals surface area (Å²) in [6, 6.07) is 36.9. The van der Waals surface area contributed by atoms with Gasteiger partial charge in [0.05, 0.1) is 0 Å². The van der Waals surface area contributed by atoms with Crippen LogP contribution in [0.2, 0.25) is 0 Å². The highest BCUT2D eigenvalue weighted by atomic mass is 14.5. The molecule has 6 aliphatic carbocycles. The van der Waals surface area contributed by atoms with Crippen molar-refractivity contribution in [2.75, 3.05) is 0 Å². The van der Waals surface area contributed by atoms with Gasteiger partial charge in [0, 0.05) is 22.0 Å². The van der Waals surface area contributed by atoms with Crippen LogP contribution in [-0.2, 0) is 36.5 Å². The summed E-state index contributed by atoms with van der Waals surface area (Å²) in [4.78, 5) is 0. The third-order valence-electron chi connectivity index (χ3n) is 14.5. The fourth-order valence-corrected chi connectivity index (χ4v) is 10.5. The van der Waals surface area contributed by atoms with Crippen LogP contribution in [-0.4, -0.2) is 0 Å². The molecule has 10 rings (SSSR count). The number of benzene rings is 4. The maximum atomic E-state index is 3.73. The molecule has 0 radical (unpaired) electrons. The van der Waals surface area contributed by atoms with E-state index < -0.39 is 0 Å². The molecule has 6 saturated carbocycles. The first-order valence-electron chi connectivity index (χ1n) is 22.3. The Morgan fingerprint density at radius 1 is 0.364 bits per heavy atom. The summed E-state index contributed by atoms with van der Waals surface area (Å²) < 4.78 is 0. The number of hydrogen-bond donors (Lipinski definition) is 0. The molecule has 0 aliphatic heterocycles. The minimum Gasteiger partial charge on any atom is -0.0911 e. The van der Waals surface area contributed by atoms with Gasteiger partial charge in [0.1, 0.15) is 0 Å². The first kappa shape index (κ1) is 39.2. The number of hydrogen-bond acceptors (Lipinski definition) is 0. The maximum absolute atomic E-state index is 3.73. The molecular formula is C55H66. The highest BCUT2D eigenvalue weighted by molar-refractivity contribution is 5.41. The van der Waals surface area contributed by atoms with Crippen LogP contribution in [0.1, 0.15) is 169 Å². The molecule has 0 heterocycles. The van der Waals surface area contributed by atoms with Crippen molar-refractivity contribution in [1.29, 1.82) is 0 Å². The molecule has 0 unspecified atom stereocenters. The second-order valence-corrected chi connectivity index (χ2v) is 18.0. The molecular weight excluding hydrogens is 661 g/mol. The van der Waals surface area contributed by atoms with Gasteiger partial charge in [-0.15, -0.1) is 0 Å². The van der Waals surface area contributed by atoms with Crippen molar-refractivity contribution in [2.24, 2.45) is 10.8 Å². The minimum absolute atomic E-state index is 0.270. The van der Waals surface area contributed by atoms with Gasteiger partial charge in [-0.05, 0) is 171 Å². The molecule has 6 aliphatic rings. The van der Waals surface area contributed by atoms with Crippen LogP contribution in [0.15, 0.2) is 97.1 Å². The van der Waals surface area contributed by atoms with Crippen LogP contribution in [0.5, 0.6) is 0 Å². The largest absolute Gasteiger partial charge is 0.0911 e. The minimum atomic E-state index is 0.270. The standard InChI is InChI=1S/C28H34.C27H32/c1-3-5-23-7-9-25(10-8-23)15-16-27-17-20-28(21-18-27,22-19-27)26-13-11-24(6-4-2)12-14-26;1-3-5-23-6-8-24(9-7-23)14-15-26-16-19-27(20-17-26,21-18-26)25-12-10-22(4-2)11-13-25/h7-14H,3-6,17-22H2,1-2H3;6-13H,3-5,16-21H2,1-2H3. The number of fused-ring (bicyclic) bond motifs is 6. The normalized spacial score (nSPS) is 26.2. The Morgan fingerprint density at radius 2 is 0.655 bits per heavy atom. The average Bonchev–Trinajstić information content (AvgIpc) is 3.25. The van der Waals surface area contributed by atoms with Crippen molar-refractivity contribution in [2.45, 2.75) is 161 Å². The van der Waals surface area contributed by atoms with Crippen LogP contribution >= 0.6 is 0 Å². The van der Waals surface area contributed by atoms with Crippen LogP contribution < -0.4 is 0 Å². The molecule has 0 nitrogen and oxygen atoms in total. The van der Waals surface area contributed by atoms with Gasteiger partial charge < -0.3 is 0 Å². The first-order valence-corrected chi connectivity index (χ1v) is 22.3. The molecule has 4 aromatic carbocycles. The summed E-state index contributed by atoms with van der Waals surface area (Å²) >= 11 is 0. The van der Waals surface area contributed by atoms with E-state index in [0.717, 1.165) is 6.42 Å². The average molecular weight is 727 g/mol. The van der Waals surface area contributed by atoms with Crippen molar-refractivity contribution in [3.05, 3.63) is 142 Å². The van der Waals surface area contributed by atoms with E-state index in [1.807, 2.05) is 0 Å². The van der Waals surface area contributed by atoms with E-state index in [1.54, 1.807) is 11.1 Å². The molecule has 0 N–H and O–H groups in total. The van der Waals surface area contributed by atoms with Gasteiger partial charge in [-0.2, -0.15) is 0 Å². The highest BCUT2D eigenvalue weighted by Crippen LogP contribution is 2.58. The Hall–Kier alpha value is -4.00. The monoisotopic (exact) mass is 727 g/mol. The molecule has 0 aromatic heterocycles. The number of aryl methyl sites for hydroxylation is 4. The molecule has 0 amide bonds. The van der Waals surface area contributed by atoms with Crippen molar-refractivity contribution >= 4 is 0 Å². The second kappa shape index (κ2) is 17.4. The zero-order valence-electron chi connectivity index (χ0n) is 34.7. The van der Waals surface area contributed by atoms with E-state index in [0.29, 0.717) is 10.8 Å². The van der Waals surface area contributed by atoms with Crippen LogP contribution in [0.25, 0.3) is 0 Å². The fraction of sp³-hybridized carbons (Fsp3) is 0.491. The fourth-order valence-electron chi connectivity index (χ4n) is 10.5. The van der Waals surface area contributed by atoms with E-state index in [1.165, 1.54) is 149 Å². The number of rotatable bonds is 9. The molecule has 0 saturated heterocycles. The predicted molar refractivity (Wildman–Crippen MR) is 235 cm³/mol. The van der Waals surface area contributed by atoms with Crippen molar-refractivity contribution in [3.63, 3.8) is 0 Å². The predicted octanol–water partition coefficient (Wildman–Crippen LogP) is 14.1. The SMILES string of the molecule is CCCc1ccc(C#CC23CCC(c4ccc(CC)cc4)(CC2)CC3)cc1.CCCc1ccc(C#CC23CCC(c4ccc(CCC)cc4)(CC2)CC3)cc1. The van der Waals surface area contributed by atoms with E-state index in [2.05, 4.69) is 148 Å². The third-order valence-corrected chi connectivity index (χ3v) is 14.5. The molecule has 0 atom stereocenters. The Labute approximate surface area is 335 Å². The molecule has 0 spiro atoms. The van der Waals surface area contributed by atoms with Gasteiger partial charge in [-0.25, -0.2) is 0 Å². The lowest BCUT2D eigenvalue weighted by atomic mass is 9.52. The Kier molecular flexibility index (Phi) is 12.4. The van der Waals surface area contributed by atoms with Crippen LogP contribution in [0.4, 0.5) is 0 Å². The lowest BCUT2D eigenvalue weighted by Crippen LogP contribution is -2.43. The van der Waals surface area contributed by atoms with Crippen molar-refractivity contribution < 1.29 is 0 Å². The molecule has 55 heavy (non-hydrogen) atoms. The molecule has 4 aromatic rings. The van der Waals surface area contributed by atoms with Gasteiger partial charge in [0.25, 0.3) is 0 Å². The summed E-state index contributed by atoms with van der Waals surface area (Å²) in [6.45, 7) is 8.96. The zero-order valence-corrected chi connectivity index (χ0v) is 34.7. The van der Waals surface area contributed by atoms with Crippen molar-refractivity contribution in [1.82, 2.24) is 0 Å². The zero-order chi connectivity index (χ0) is 38.2. The second-order valence-electron chi connectivity index (χ2n) is 18.0. The first-order chi connectivity index (χ1) is 26.8. The summed E-state index contributed by atoms with van der Waals surface area (Å²) in [6.07, 6.45) is 23.8. The topological polar surface area (TPSA) is 0 Å².